The molecule has 28 heavy (non-hydrogen) atoms. The predicted octanol–water partition coefficient (Wildman–Crippen LogP) is 2.19. The molecule has 0 aliphatic carbocycles. The molecule has 148 valence electrons. The zero-order chi connectivity index (χ0) is 20.3. The number of hydrogen-bond donors (Lipinski definition) is 2. The van der Waals surface area contributed by atoms with Crippen molar-refractivity contribution in [1.82, 2.24) is 5.32 Å². The molecule has 1 aliphatic heterocycles. The van der Waals surface area contributed by atoms with Gasteiger partial charge in [0.05, 0.1) is 15.8 Å². The van der Waals surface area contributed by atoms with E-state index in [1.165, 1.54) is 25.1 Å². The SMILES string of the molecule is Cc1ccc(CNC(=O)C[C@H](C)S(=O)(=O)c2ccc3c(c2)NC(=O)CO3)cc1. The molecule has 7 nitrogen and oxygen atoms in total. The van der Waals surface area contributed by atoms with Crippen LogP contribution in [0.25, 0.3) is 0 Å². The van der Waals surface area contributed by atoms with Gasteiger partial charge in [0.25, 0.3) is 5.91 Å². The number of amides is 2. The lowest BCUT2D eigenvalue weighted by Gasteiger charge is -2.19. The first-order valence-corrected chi connectivity index (χ1v) is 10.4. The van der Waals surface area contributed by atoms with Gasteiger partial charge in [0.1, 0.15) is 5.75 Å². The second-order valence-corrected chi connectivity index (χ2v) is 9.18. The van der Waals surface area contributed by atoms with Crippen molar-refractivity contribution in [3.63, 3.8) is 0 Å². The van der Waals surface area contributed by atoms with E-state index in [0.717, 1.165) is 11.1 Å². The summed E-state index contributed by atoms with van der Waals surface area (Å²) in [5.74, 6) is -0.265. The number of hydrogen-bond acceptors (Lipinski definition) is 5. The number of sulfone groups is 1. The number of carbonyl (C=O) groups excluding carboxylic acids is 2. The van der Waals surface area contributed by atoms with Crippen molar-refractivity contribution in [3.05, 3.63) is 53.6 Å². The molecule has 0 aromatic heterocycles. The summed E-state index contributed by atoms with van der Waals surface area (Å²) in [6, 6.07) is 12.0. The lowest BCUT2D eigenvalue weighted by molar-refractivity contribution is -0.121. The monoisotopic (exact) mass is 402 g/mol. The van der Waals surface area contributed by atoms with Crippen molar-refractivity contribution in [2.24, 2.45) is 0 Å². The van der Waals surface area contributed by atoms with Crippen LogP contribution in [-0.4, -0.2) is 32.1 Å². The molecule has 2 aromatic rings. The summed E-state index contributed by atoms with van der Waals surface area (Å²) in [6.07, 6.45) is -0.159. The normalized spacial score (nSPS) is 14.4. The summed E-state index contributed by atoms with van der Waals surface area (Å²) in [4.78, 5) is 23.7. The van der Waals surface area contributed by atoms with Crippen LogP contribution in [0.1, 0.15) is 24.5 Å². The number of fused-ring (bicyclic) bond motifs is 1. The van der Waals surface area contributed by atoms with Crippen LogP contribution in [0, 0.1) is 6.92 Å². The lowest BCUT2D eigenvalue weighted by Crippen LogP contribution is -2.30. The van der Waals surface area contributed by atoms with Crippen molar-refractivity contribution in [3.8, 4) is 5.75 Å². The Morgan fingerprint density at radius 3 is 2.64 bits per heavy atom. The fourth-order valence-electron chi connectivity index (χ4n) is 2.82. The van der Waals surface area contributed by atoms with Crippen molar-refractivity contribution in [2.45, 2.75) is 37.0 Å². The highest BCUT2D eigenvalue weighted by molar-refractivity contribution is 7.92. The van der Waals surface area contributed by atoms with Gasteiger partial charge in [-0.25, -0.2) is 8.42 Å². The molecule has 0 saturated carbocycles. The molecule has 0 radical (unpaired) electrons. The minimum Gasteiger partial charge on any atom is -0.482 e. The van der Waals surface area contributed by atoms with Gasteiger partial charge in [-0.15, -0.1) is 0 Å². The molecule has 2 N–H and O–H groups in total. The van der Waals surface area contributed by atoms with E-state index < -0.39 is 15.1 Å². The topological polar surface area (TPSA) is 102 Å². The fraction of sp³-hybridized carbons (Fsp3) is 0.300. The predicted molar refractivity (Wildman–Crippen MR) is 105 cm³/mol. The molecule has 0 fully saturated rings. The summed E-state index contributed by atoms with van der Waals surface area (Å²) in [5, 5.41) is 4.42. The Labute approximate surface area is 164 Å². The number of carbonyl (C=O) groups is 2. The average Bonchev–Trinajstić information content (AvgIpc) is 2.66. The Bertz CT molecular complexity index is 1000. The second-order valence-electron chi connectivity index (χ2n) is 6.82. The molecule has 2 amide bonds. The number of rotatable bonds is 6. The summed E-state index contributed by atoms with van der Waals surface area (Å²) in [7, 11) is -3.74. The van der Waals surface area contributed by atoms with Crippen molar-refractivity contribution in [1.29, 1.82) is 0 Å². The van der Waals surface area contributed by atoms with Crippen LogP contribution in [0.5, 0.6) is 5.75 Å². The number of ether oxygens (including phenoxy) is 1. The van der Waals surface area contributed by atoms with E-state index in [0.29, 0.717) is 18.0 Å². The first-order valence-electron chi connectivity index (χ1n) is 8.88. The van der Waals surface area contributed by atoms with E-state index in [1.807, 2.05) is 31.2 Å². The van der Waals surface area contributed by atoms with Gasteiger partial charge >= 0.3 is 0 Å². The van der Waals surface area contributed by atoms with Crippen LogP contribution in [0.2, 0.25) is 0 Å². The molecule has 8 heteroatoms. The van der Waals surface area contributed by atoms with Gasteiger partial charge in [0.2, 0.25) is 5.91 Å². The maximum atomic E-state index is 12.8. The first kappa shape index (κ1) is 19.9. The van der Waals surface area contributed by atoms with Crippen molar-refractivity contribution >= 4 is 27.3 Å². The van der Waals surface area contributed by atoms with Crippen LogP contribution in [0.4, 0.5) is 5.69 Å². The zero-order valence-corrected chi connectivity index (χ0v) is 16.5. The summed E-state index contributed by atoms with van der Waals surface area (Å²) >= 11 is 0. The third kappa shape index (κ3) is 4.51. The molecule has 0 spiro atoms. The van der Waals surface area contributed by atoms with Gasteiger partial charge in [-0.05, 0) is 37.6 Å². The Morgan fingerprint density at radius 1 is 1.21 bits per heavy atom. The fourth-order valence-corrected chi connectivity index (χ4v) is 4.20. The van der Waals surface area contributed by atoms with Crippen molar-refractivity contribution < 1.29 is 22.7 Å². The van der Waals surface area contributed by atoms with Crippen LogP contribution >= 0.6 is 0 Å². The van der Waals surface area contributed by atoms with Crippen LogP contribution in [-0.2, 0) is 26.0 Å². The molecule has 2 aromatic carbocycles. The third-order valence-electron chi connectivity index (χ3n) is 4.53. The minimum absolute atomic E-state index is 0.0379. The molecule has 0 saturated heterocycles. The summed E-state index contributed by atoms with van der Waals surface area (Å²) in [6.45, 7) is 3.72. The molecule has 0 unspecified atom stereocenters. The third-order valence-corrected chi connectivity index (χ3v) is 6.66. The molecule has 1 atom stereocenters. The standard InChI is InChI=1S/C20H22N2O5S/c1-13-3-5-15(6-4-13)11-21-19(23)9-14(2)28(25,26)16-7-8-18-17(10-16)22-20(24)12-27-18/h3-8,10,14H,9,11-12H2,1-2H3,(H,21,23)(H,22,24)/t14-/m0/s1. The lowest BCUT2D eigenvalue weighted by atomic mass is 10.1. The molecular formula is C20H22N2O5S. The van der Waals surface area contributed by atoms with E-state index in [4.69, 9.17) is 4.74 Å². The highest BCUT2D eigenvalue weighted by Crippen LogP contribution is 2.31. The van der Waals surface area contributed by atoms with E-state index in [2.05, 4.69) is 10.6 Å². The minimum atomic E-state index is -3.74. The van der Waals surface area contributed by atoms with E-state index in [-0.39, 0.29) is 29.7 Å². The maximum Gasteiger partial charge on any atom is 0.262 e. The number of aryl methyl sites for hydroxylation is 1. The van der Waals surface area contributed by atoms with Gasteiger partial charge in [0.15, 0.2) is 16.4 Å². The Morgan fingerprint density at radius 2 is 1.93 bits per heavy atom. The Balaban J connectivity index is 1.64. The van der Waals surface area contributed by atoms with Crippen LogP contribution in [0.3, 0.4) is 0 Å². The molecular weight excluding hydrogens is 380 g/mol. The summed E-state index contributed by atoms with van der Waals surface area (Å²) in [5.41, 5.74) is 2.38. The first-order chi connectivity index (χ1) is 13.3. The summed E-state index contributed by atoms with van der Waals surface area (Å²) < 4.78 is 30.9. The van der Waals surface area contributed by atoms with E-state index in [1.54, 1.807) is 0 Å². The smallest absolute Gasteiger partial charge is 0.262 e. The number of nitrogens with one attached hydrogen (secondary N) is 2. The van der Waals surface area contributed by atoms with Crippen LogP contribution < -0.4 is 15.4 Å². The number of anilines is 1. The van der Waals surface area contributed by atoms with Crippen molar-refractivity contribution in [2.75, 3.05) is 11.9 Å². The zero-order valence-electron chi connectivity index (χ0n) is 15.7. The Kier molecular flexibility index (Phi) is 5.69. The largest absolute Gasteiger partial charge is 0.482 e. The van der Waals surface area contributed by atoms with Gasteiger partial charge < -0.3 is 15.4 Å². The highest BCUT2D eigenvalue weighted by atomic mass is 32.2. The van der Waals surface area contributed by atoms with Gasteiger partial charge in [-0.3, -0.25) is 9.59 Å². The second kappa shape index (κ2) is 8.02. The Hall–Kier alpha value is -2.87. The molecule has 3 rings (SSSR count). The van der Waals surface area contributed by atoms with E-state index in [9.17, 15) is 18.0 Å². The molecule has 1 aliphatic rings. The highest BCUT2D eigenvalue weighted by Gasteiger charge is 2.27. The number of benzene rings is 2. The molecule has 0 bridgehead atoms. The van der Waals surface area contributed by atoms with Crippen LogP contribution in [0.15, 0.2) is 47.4 Å². The van der Waals surface area contributed by atoms with Gasteiger partial charge in [-0.2, -0.15) is 0 Å². The maximum absolute atomic E-state index is 12.8. The quantitative estimate of drug-likeness (QED) is 0.771. The average molecular weight is 402 g/mol. The van der Waals surface area contributed by atoms with E-state index >= 15 is 0 Å². The van der Waals surface area contributed by atoms with Gasteiger partial charge in [0, 0.05) is 13.0 Å². The molecule has 1 heterocycles. The van der Waals surface area contributed by atoms with Gasteiger partial charge in [-0.1, -0.05) is 29.8 Å².